The Labute approximate surface area is 113 Å². The highest BCUT2D eigenvalue weighted by molar-refractivity contribution is 5.89. The smallest absolute Gasteiger partial charge is 0.337 e. The Balaban J connectivity index is 1.94. The SMILES string of the molecule is COC(=O)c1cccc(CN2CCC(CF)CC2)c1. The van der Waals surface area contributed by atoms with Crippen LogP contribution in [0.2, 0.25) is 0 Å². The van der Waals surface area contributed by atoms with Gasteiger partial charge in [0, 0.05) is 6.54 Å². The van der Waals surface area contributed by atoms with E-state index in [9.17, 15) is 9.18 Å². The highest BCUT2D eigenvalue weighted by Crippen LogP contribution is 2.19. The van der Waals surface area contributed by atoms with E-state index in [2.05, 4.69) is 4.90 Å². The van der Waals surface area contributed by atoms with Crippen LogP contribution in [0.3, 0.4) is 0 Å². The van der Waals surface area contributed by atoms with E-state index in [1.807, 2.05) is 18.2 Å². The van der Waals surface area contributed by atoms with Crippen molar-refractivity contribution >= 4 is 5.97 Å². The number of esters is 1. The van der Waals surface area contributed by atoms with Crippen LogP contribution < -0.4 is 0 Å². The summed E-state index contributed by atoms with van der Waals surface area (Å²) in [6.45, 7) is 2.46. The first kappa shape index (κ1) is 14.0. The van der Waals surface area contributed by atoms with E-state index in [0.717, 1.165) is 38.0 Å². The molecular formula is C15H20FNO2. The van der Waals surface area contributed by atoms with Crippen LogP contribution in [0.25, 0.3) is 0 Å². The molecule has 0 aromatic heterocycles. The summed E-state index contributed by atoms with van der Waals surface area (Å²) in [5.74, 6) is -0.0735. The predicted molar refractivity (Wildman–Crippen MR) is 71.8 cm³/mol. The summed E-state index contributed by atoms with van der Waals surface area (Å²) in [6.07, 6.45) is 1.85. The van der Waals surface area contributed by atoms with Crippen LogP contribution in [0.5, 0.6) is 0 Å². The predicted octanol–water partition coefficient (Wildman–Crippen LogP) is 2.65. The fourth-order valence-corrected chi connectivity index (χ4v) is 2.47. The molecule has 1 heterocycles. The second kappa shape index (κ2) is 6.66. The highest BCUT2D eigenvalue weighted by atomic mass is 19.1. The summed E-state index contributed by atoms with van der Waals surface area (Å²) in [4.78, 5) is 13.8. The molecule has 0 bridgehead atoms. The molecule has 1 fully saturated rings. The van der Waals surface area contributed by atoms with E-state index in [1.54, 1.807) is 6.07 Å². The fourth-order valence-electron chi connectivity index (χ4n) is 2.47. The number of carbonyl (C=O) groups is 1. The molecule has 0 unspecified atom stereocenters. The quantitative estimate of drug-likeness (QED) is 0.784. The van der Waals surface area contributed by atoms with E-state index in [1.165, 1.54) is 7.11 Å². The van der Waals surface area contributed by atoms with Gasteiger partial charge in [0.1, 0.15) is 0 Å². The number of carbonyl (C=O) groups excluding carboxylic acids is 1. The van der Waals surface area contributed by atoms with E-state index >= 15 is 0 Å². The van der Waals surface area contributed by atoms with E-state index in [4.69, 9.17) is 4.74 Å². The maximum absolute atomic E-state index is 12.5. The van der Waals surface area contributed by atoms with Crippen LogP contribution in [-0.2, 0) is 11.3 Å². The van der Waals surface area contributed by atoms with Gasteiger partial charge in [-0.05, 0) is 49.5 Å². The van der Waals surface area contributed by atoms with Gasteiger partial charge >= 0.3 is 5.97 Å². The molecule has 3 nitrogen and oxygen atoms in total. The molecule has 1 aliphatic rings. The summed E-state index contributed by atoms with van der Waals surface area (Å²) in [6, 6.07) is 7.50. The molecule has 0 radical (unpaired) electrons. The Morgan fingerprint density at radius 3 is 2.79 bits per heavy atom. The van der Waals surface area contributed by atoms with Crippen LogP contribution in [0.15, 0.2) is 24.3 Å². The van der Waals surface area contributed by atoms with Crippen molar-refractivity contribution in [3.05, 3.63) is 35.4 Å². The maximum atomic E-state index is 12.5. The third-order valence-electron chi connectivity index (χ3n) is 3.68. The molecular weight excluding hydrogens is 245 g/mol. The molecule has 19 heavy (non-hydrogen) atoms. The van der Waals surface area contributed by atoms with Crippen LogP contribution in [0.4, 0.5) is 4.39 Å². The van der Waals surface area contributed by atoms with Gasteiger partial charge in [0.05, 0.1) is 19.3 Å². The lowest BCUT2D eigenvalue weighted by Crippen LogP contribution is -2.33. The summed E-state index contributed by atoms with van der Waals surface area (Å²) in [5, 5.41) is 0. The minimum Gasteiger partial charge on any atom is -0.465 e. The molecule has 0 amide bonds. The monoisotopic (exact) mass is 265 g/mol. The number of likely N-dealkylation sites (tertiary alicyclic amines) is 1. The average Bonchev–Trinajstić information content (AvgIpc) is 2.47. The molecule has 0 saturated carbocycles. The Morgan fingerprint density at radius 2 is 2.16 bits per heavy atom. The van der Waals surface area contributed by atoms with Gasteiger partial charge in [0.15, 0.2) is 0 Å². The normalized spacial score (nSPS) is 17.4. The Bertz CT molecular complexity index is 428. The van der Waals surface area contributed by atoms with Crippen molar-refractivity contribution in [2.24, 2.45) is 5.92 Å². The van der Waals surface area contributed by atoms with E-state index in [0.29, 0.717) is 5.56 Å². The number of rotatable bonds is 4. The highest BCUT2D eigenvalue weighted by Gasteiger charge is 2.19. The molecule has 1 aliphatic heterocycles. The molecule has 1 aromatic carbocycles. The molecule has 104 valence electrons. The molecule has 4 heteroatoms. The van der Waals surface area contributed by atoms with Crippen molar-refractivity contribution in [1.82, 2.24) is 4.90 Å². The zero-order valence-corrected chi connectivity index (χ0v) is 11.3. The van der Waals surface area contributed by atoms with Gasteiger partial charge in [-0.15, -0.1) is 0 Å². The van der Waals surface area contributed by atoms with E-state index in [-0.39, 0.29) is 18.6 Å². The van der Waals surface area contributed by atoms with Crippen molar-refractivity contribution in [1.29, 1.82) is 0 Å². The number of halogens is 1. The van der Waals surface area contributed by atoms with Gasteiger partial charge in [-0.1, -0.05) is 12.1 Å². The zero-order valence-electron chi connectivity index (χ0n) is 11.3. The number of nitrogens with zero attached hydrogens (tertiary/aromatic N) is 1. The minimum atomic E-state index is -0.307. The second-order valence-electron chi connectivity index (χ2n) is 5.07. The van der Waals surface area contributed by atoms with Crippen molar-refractivity contribution in [3.63, 3.8) is 0 Å². The number of benzene rings is 1. The summed E-state index contributed by atoms with van der Waals surface area (Å²) in [7, 11) is 1.39. The first-order valence-corrected chi connectivity index (χ1v) is 6.68. The van der Waals surface area contributed by atoms with Crippen LogP contribution in [0.1, 0.15) is 28.8 Å². The molecule has 1 saturated heterocycles. The maximum Gasteiger partial charge on any atom is 0.337 e. The molecule has 0 spiro atoms. The van der Waals surface area contributed by atoms with Gasteiger partial charge in [-0.3, -0.25) is 9.29 Å². The lowest BCUT2D eigenvalue weighted by atomic mass is 9.98. The second-order valence-corrected chi connectivity index (χ2v) is 5.07. The summed E-state index contributed by atoms with van der Waals surface area (Å²) in [5.41, 5.74) is 1.68. The average molecular weight is 265 g/mol. The first-order chi connectivity index (χ1) is 9.22. The Kier molecular flexibility index (Phi) is 4.91. The number of hydrogen-bond acceptors (Lipinski definition) is 3. The number of piperidine rings is 1. The number of methoxy groups -OCH3 is 1. The first-order valence-electron chi connectivity index (χ1n) is 6.68. The zero-order chi connectivity index (χ0) is 13.7. The van der Waals surface area contributed by atoms with Gasteiger partial charge in [-0.2, -0.15) is 0 Å². The minimum absolute atomic E-state index is 0.203. The molecule has 0 atom stereocenters. The lowest BCUT2D eigenvalue weighted by Gasteiger charge is -2.30. The third-order valence-corrected chi connectivity index (χ3v) is 3.68. The number of ether oxygens (including phenoxy) is 1. The van der Waals surface area contributed by atoms with Crippen LogP contribution in [-0.4, -0.2) is 37.7 Å². The topological polar surface area (TPSA) is 29.5 Å². The standard InChI is InChI=1S/C15H20FNO2/c1-19-15(18)14-4-2-3-13(9-14)11-17-7-5-12(10-16)6-8-17/h2-4,9,12H,5-8,10-11H2,1H3. The number of hydrogen-bond donors (Lipinski definition) is 0. The largest absolute Gasteiger partial charge is 0.465 e. The summed E-state index contributed by atoms with van der Waals surface area (Å²) < 4.78 is 17.3. The van der Waals surface area contributed by atoms with Crippen molar-refractivity contribution in [3.8, 4) is 0 Å². The van der Waals surface area contributed by atoms with E-state index < -0.39 is 0 Å². The van der Waals surface area contributed by atoms with Crippen LogP contribution >= 0.6 is 0 Å². The molecule has 2 rings (SSSR count). The van der Waals surface area contributed by atoms with Gasteiger partial charge in [0.25, 0.3) is 0 Å². The molecule has 1 aromatic rings. The van der Waals surface area contributed by atoms with Crippen molar-refractivity contribution < 1.29 is 13.9 Å². The lowest BCUT2D eigenvalue weighted by molar-refractivity contribution is 0.0600. The van der Waals surface area contributed by atoms with Crippen molar-refractivity contribution in [2.45, 2.75) is 19.4 Å². The molecule has 0 aliphatic carbocycles. The third kappa shape index (κ3) is 3.77. The van der Waals surface area contributed by atoms with Gasteiger partial charge in [-0.25, -0.2) is 4.79 Å². The molecule has 0 N–H and O–H groups in total. The fraction of sp³-hybridized carbons (Fsp3) is 0.533. The Morgan fingerprint density at radius 1 is 1.42 bits per heavy atom. The number of alkyl halides is 1. The Hall–Kier alpha value is -1.42. The summed E-state index contributed by atoms with van der Waals surface area (Å²) >= 11 is 0. The van der Waals surface area contributed by atoms with Gasteiger partial charge < -0.3 is 4.74 Å². The van der Waals surface area contributed by atoms with Gasteiger partial charge in [0.2, 0.25) is 0 Å². The van der Waals surface area contributed by atoms with Crippen molar-refractivity contribution in [2.75, 3.05) is 26.9 Å². The van der Waals surface area contributed by atoms with Crippen LogP contribution in [0, 0.1) is 5.92 Å².